The number of carbonyl (C=O) groups excluding carboxylic acids is 2. The van der Waals surface area contributed by atoms with Crippen LogP contribution in [0, 0.1) is 10.1 Å². The van der Waals surface area contributed by atoms with E-state index in [4.69, 9.17) is 4.74 Å². The van der Waals surface area contributed by atoms with Gasteiger partial charge in [-0.2, -0.15) is 0 Å². The highest BCUT2D eigenvalue weighted by Crippen LogP contribution is 2.25. The van der Waals surface area contributed by atoms with Crippen LogP contribution < -0.4 is 10.1 Å². The summed E-state index contributed by atoms with van der Waals surface area (Å²) in [5, 5.41) is 22.2. The molecular formula is C14H16N2O8. The van der Waals surface area contributed by atoms with Gasteiger partial charge in [-0.15, -0.1) is 0 Å². The van der Waals surface area contributed by atoms with Gasteiger partial charge in [0.15, 0.2) is 6.61 Å². The number of methoxy groups -OCH3 is 1. The van der Waals surface area contributed by atoms with E-state index in [0.717, 1.165) is 6.92 Å². The number of carbonyl (C=O) groups is 3. The van der Waals surface area contributed by atoms with Crippen LogP contribution in [0.15, 0.2) is 18.2 Å². The predicted octanol–water partition coefficient (Wildman–Crippen LogP) is 0.278. The van der Waals surface area contributed by atoms with Crippen LogP contribution in [0.3, 0.4) is 0 Å². The monoisotopic (exact) mass is 340 g/mol. The molecule has 0 spiro atoms. The van der Waals surface area contributed by atoms with Gasteiger partial charge in [-0.05, 0) is 6.07 Å². The second-order valence-corrected chi connectivity index (χ2v) is 4.70. The van der Waals surface area contributed by atoms with Crippen LogP contribution in [-0.2, 0) is 25.5 Å². The molecule has 1 rings (SSSR count). The molecule has 1 aromatic carbocycles. The Balaban J connectivity index is 2.93. The lowest BCUT2D eigenvalue weighted by Crippen LogP contribution is -2.44. The molecular weight excluding hydrogens is 324 g/mol. The highest BCUT2D eigenvalue weighted by Gasteiger charge is 2.23. The fourth-order valence-electron chi connectivity index (χ4n) is 1.86. The molecule has 0 aromatic heterocycles. The topological polar surface area (TPSA) is 145 Å². The quantitative estimate of drug-likeness (QED) is 0.390. The number of nitrogens with zero attached hydrogens (tertiary/aromatic N) is 1. The Morgan fingerprint density at radius 2 is 2.04 bits per heavy atom. The zero-order valence-corrected chi connectivity index (χ0v) is 13.0. The van der Waals surface area contributed by atoms with Crippen molar-refractivity contribution >= 4 is 23.5 Å². The van der Waals surface area contributed by atoms with E-state index in [1.165, 1.54) is 25.3 Å². The minimum atomic E-state index is -1.37. The molecule has 0 saturated carbocycles. The van der Waals surface area contributed by atoms with E-state index in [1.54, 1.807) is 0 Å². The van der Waals surface area contributed by atoms with Gasteiger partial charge >= 0.3 is 11.9 Å². The lowest BCUT2D eigenvalue weighted by Gasteiger charge is -2.16. The Morgan fingerprint density at radius 1 is 1.38 bits per heavy atom. The van der Waals surface area contributed by atoms with Gasteiger partial charge in [-0.1, -0.05) is 0 Å². The number of carboxylic acid groups (broad SMARTS) is 1. The van der Waals surface area contributed by atoms with E-state index in [0.29, 0.717) is 0 Å². The number of nitro groups is 1. The predicted molar refractivity (Wildman–Crippen MR) is 79.6 cm³/mol. The van der Waals surface area contributed by atoms with Crippen LogP contribution in [0.2, 0.25) is 0 Å². The maximum Gasteiger partial charge on any atom is 0.326 e. The van der Waals surface area contributed by atoms with E-state index in [2.05, 4.69) is 10.1 Å². The second kappa shape index (κ2) is 8.46. The van der Waals surface area contributed by atoms with Gasteiger partial charge in [-0.25, -0.2) is 4.79 Å². The van der Waals surface area contributed by atoms with E-state index >= 15 is 0 Å². The number of hydrogen-bond donors (Lipinski definition) is 2. The molecule has 0 aliphatic rings. The standard InChI is InChI=1S/C14H16N2O8/c1-8(17)24-7-13(18)15-11(14(19)20)6-9-5-10(16(21)22)3-4-12(9)23-2/h3-5,11H,6-7H2,1-2H3,(H,15,18)(H,19,20)/t11-/m1/s1. The third kappa shape index (κ3) is 5.55. The molecule has 0 fully saturated rings. The third-order valence-corrected chi connectivity index (χ3v) is 2.94. The van der Waals surface area contributed by atoms with Gasteiger partial charge in [-0.3, -0.25) is 19.7 Å². The first-order chi connectivity index (χ1) is 11.2. The first-order valence-corrected chi connectivity index (χ1v) is 6.71. The van der Waals surface area contributed by atoms with E-state index in [9.17, 15) is 29.6 Å². The number of benzene rings is 1. The highest BCUT2D eigenvalue weighted by molar-refractivity contribution is 5.85. The maximum atomic E-state index is 11.6. The fraction of sp³-hybridized carbons (Fsp3) is 0.357. The zero-order valence-electron chi connectivity index (χ0n) is 13.0. The van der Waals surface area contributed by atoms with Crippen LogP contribution in [-0.4, -0.2) is 47.6 Å². The molecule has 130 valence electrons. The van der Waals surface area contributed by atoms with Crippen LogP contribution in [0.4, 0.5) is 5.69 Å². The van der Waals surface area contributed by atoms with Crippen molar-refractivity contribution in [2.75, 3.05) is 13.7 Å². The fourth-order valence-corrected chi connectivity index (χ4v) is 1.86. The normalized spacial score (nSPS) is 11.2. The average Bonchev–Trinajstić information content (AvgIpc) is 2.51. The second-order valence-electron chi connectivity index (χ2n) is 4.70. The average molecular weight is 340 g/mol. The number of esters is 1. The first kappa shape index (κ1) is 18.9. The molecule has 2 N–H and O–H groups in total. The summed E-state index contributed by atoms with van der Waals surface area (Å²) < 4.78 is 9.52. The molecule has 1 amide bonds. The highest BCUT2D eigenvalue weighted by atomic mass is 16.6. The number of ether oxygens (including phenoxy) is 2. The smallest absolute Gasteiger partial charge is 0.326 e. The molecule has 0 saturated heterocycles. The number of nitro benzene ring substituents is 1. The largest absolute Gasteiger partial charge is 0.496 e. The zero-order chi connectivity index (χ0) is 18.3. The summed E-state index contributed by atoms with van der Waals surface area (Å²) >= 11 is 0. The van der Waals surface area contributed by atoms with Gasteiger partial charge in [0.2, 0.25) is 0 Å². The Hall–Kier alpha value is -3.17. The van der Waals surface area contributed by atoms with E-state index < -0.39 is 35.4 Å². The van der Waals surface area contributed by atoms with Crippen LogP contribution in [0.25, 0.3) is 0 Å². The van der Waals surface area contributed by atoms with Gasteiger partial charge in [0, 0.05) is 31.0 Å². The Labute approximate surface area is 136 Å². The first-order valence-electron chi connectivity index (χ1n) is 6.71. The number of nitrogens with one attached hydrogen (secondary N) is 1. The molecule has 0 aliphatic carbocycles. The summed E-state index contributed by atoms with van der Waals surface area (Å²) in [6, 6.07) is 2.36. The lowest BCUT2D eigenvalue weighted by molar-refractivity contribution is -0.384. The number of amides is 1. The molecule has 10 heteroatoms. The molecule has 1 atom stereocenters. The SMILES string of the molecule is COc1ccc([N+](=O)[O-])cc1C[C@@H](NC(=O)COC(C)=O)C(=O)O. The molecule has 0 aliphatic heterocycles. The van der Waals surface area contributed by atoms with Crippen molar-refractivity contribution in [3.8, 4) is 5.75 Å². The van der Waals surface area contributed by atoms with Crippen molar-refractivity contribution in [1.82, 2.24) is 5.32 Å². The maximum absolute atomic E-state index is 11.6. The Morgan fingerprint density at radius 3 is 2.54 bits per heavy atom. The molecule has 0 radical (unpaired) electrons. The van der Waals surface area contributed by atoms with Gasteiger partial charge in [0.05, 0.1) is 12.0 Å². The number of hydrogen-bond acceptors (Lipinski definition) is 7. The van der Waals surface area contributed by atoms with E-state index in [1.807, 2.05) is 0 Å². The van der Waals surface area contributed by atoms with Gasteiger partial charge in [0.1, 0.15) is 11.8 Å². The van der Waals surface area contributed by atoms with Gasteiger partial charge in [0.25, 0.3) is 11.6 Å². The van der Waals surface area contributed by atoms with Crippen molar-refractivity contribution in [2.24, 2.45) is 0 Å². The van der Waals surface area contributed by atoms with Crippen LogP contribution in [0.1, 0.15) is 12.5 Å². The van der Waals surface area contributed by atoms with Gasteiger partial charge < -0.3 is 19.9 Å². The van der Waals surface area contributed by atoms with Crippen LogP contribution in [0.5, 0.6) is 5.75 Å². The molecule has 10 nitrogen and oxygen atoms in total. The van der Waals surface area contributed by atoms with Crippen molar-refractivity contribution in [1.29, 1.82) is 0 Å². The number of non-ortho nitro benzene ring substituents is 1. The van der Waals surface area contributed by atoms with Crippen molar-refractivity contribution in [2.45, 2.75) is 19.4 Å². The number of rotatable bonds is 8. The summed E-state index contributed by atoms with van der Waals surface area (Å²) in [5.74, 6) is -2.58. The molecule has 0 bridgehead atoms. The van der Waals surface area contributed by atoms with Crippen molar-refractivity contribution < 1.29 is 33.9 Å². The molecule has 24 heavy (non-hydrogen) atoms. The van der Waals surface area contributed by atoms with E-state index in [-0.39, 0.29) is 23.4 Å². The third-order valence-electron chi connectivity index (χ3n) is 2.94. The number of aliphatic carboxylic acids is 1. The summed E-state index contributed by atoms with van der Waals surface area (Å²) in [6.45, 7) is 0.487. The summed E-state index contributed by atoms with van der Waals surface area (Å²) in [4.78, 5) is 43.7. The molecule has 0 heterocycles. The molecule has 0 unspecified atom stereocenters. The summed E-state index contributed by atoms with van der Waals surface area (Å²) in [7, 11) is 1.33. The summed E-state index contributed by atoms with van der Waals surface area (Å²) in [5.41, 5.74) is 0.00747. The Bertz CT molecular complexity index is 658. The minimum absolute atomic E-state index is 0.235. The molecule has 1 aromatic rings. The van der Waals surface area contributed by atoms with Crippen molar-refractivity contribution in [3.63, 3.8) is 0 Å². The number of carboxylic acids is 1. The lowest BCUT2D eigenvalue weighted by atomic mass is 10.0. The summed E-state index contributed by atoms with van der Waals surface area (Å²) in [6.07, 6.45) is -0.244. The Kier molecular flexibility index (Phi) is 6.65. The van der Waals surface area contributed by atoms with Crippen molar-refractivity contribution in [3.05, 3.63) is 33.9 Å². The van der Waals surface area contributed by atoms with Crippen LogP contribution >= 0.6 is 0 Å². The minimum Gasteiger partial charge on any atom is -0.496 e.